The number of hydrogen-bond acceptors (Lipinski definition) is 11. The Balaban J connectivity index is 1.57. The average Bonchev–Trinajstić information content (AvgIpc) is 2.88. The lowest BCUT2D eigenvalue weighted by molar-refractivity contribution is 0.414. The zero-order valence-electron chi connectivity index (χ0n) is 17.8. The first-order chi connectivity index (χ1) is 16.6. The molecule has 4 aromatic rings. The lowest BCUT2D eigenvalue weighted by Crippen LogP contribution is -2.06. The second-order valence-electron chi connectivity index (χ2n) is 6.62. The summed E-state index contributed by atoms with van der Waals surface area (Å²) >= 11 is 2.52. The van der Waals surface area contributed by atoms with Crippen molar-refractivity contribution in [3.05, 3.63) is 77.6 Å². The molecular weight excluding hydrogens is 468 g/mol. The molecule has 1 aromatic carbocycles. The number of nitriles is 2. The van der Waals surface area contributed by atoms with Gasteiger partial charge in [0.15, 0.2) is 10.3 Å². The molecule has 11 heteroatoms. The van der Waals surface area contributed by atoms with Crippen molar-refractivity contribution in [3.8, 4) is 17.9 Å². The third-order valence-corrected chi connectivity index (χ3v) is 5.96. The van der Waals surface area contributed by atoms with Crippen molar-refractivity contribution in [2.75, 3.05) is 12.4 Å². The van der Waals surface area contributed by atoms with Crippen LogP contribution in [0.4, 0.5) is 5.95 Å². The highest BCUT2D eigenvalue weighted by molar-refractivity contribution is 7.99. The third-order valence-electron chi connectivity index (χ3n) is 4.33. The molecule has 166 valence electrons. The van der Waals surface area contributed by atoms with Gasteiger partial charge >= 0.3 is 0 Å². The van der Waals surface area contributed by atoms with E-state index in [2.05, 4.69) is 30.2 Å². The number of anilines is 1. The topological polar surface area (TPSA) is 133 Å². The molecule has 0 radical (unpaired) electrons. The molecule has 4 rings (SSSR count). The van der Waals surface area contributed by atoms with Gasteiger partial charge in [0.1, 0.15) is 27.9 Å². The summed E-state index contributed by atoms with van der Waals surface area (Å²) in [6.07, 6.45) is 3.01. The zero-order valence-corrected chi connectivity index (χ0v) is 19.5. The predicted octanol–water partition coefficient (Wildman–Crippen LogP) is 4.33. The molecule has 3 aromatic heterocycles. The molecule has 9 nitrogen and oxygen atoms in total. The summed E-state index contributed by atoms with van der Waals surface area (Å²) in [7, 11) is 1.63. The van der Waals surface area contributed by atoms with E-state index in [9.17, 15) is 0 Å². The number of rotatable bonds is 8. The summed E-state index contributed by atoms with van der Waals surface area (Å²) in [6, 6.07) is 18.7. The Hall–Kier alpha value is -4.19. The molecule has 0 spiro atoms. The van der Waals surface area contributed by atoms with E-state index in [1.807, 2.05) is 36.4 Å². The highest BCUT2D eigenvalue weighted by Gasteiger charge is 2.12. The standard InChI is InChI=1S/C23H16N8OS2/c1-32-18-6-2-15(3-7-18)12-28-21-29-22(33-19-8-4-16(10-24)13-26-19)31-23(30-21)34-20-9-5-17(11-25)14-27-20/h2-9,13-14H,12H2,1H3,(H,28,29,30,31). The first-order valence-corrected chi connectivity index (χ1v) is 11.5. The van der Waals surface area contributed by atoms with Gasteiger partial charge in [-0.15, -0.1) is 0 Å². The van der Waals surface area contributed by atoms with E-state index in [-0.39, 0.29) is 0 Å². The Kier molecular flexibility index (Phi) is 7.50. The van der Waals surface area contributed by atoms with Crippen molar-refractivity contribution in [1.82, 2.24) is 24.9 Å². The van der Waals surface area contributed by atoms with E-state index < -0.39 is 0 Å². The first-order valence-electron chi connectivity index (χ1n) is 9.86. The second-order valence-corrected chi connectivity index (χ2v) is 8.60. The molecule has 0 atom stereocenters. The van der Waals surface area contributed by atoms with Crippen molar-refractivity contribution in [2.24, 2.45) is 0 Å². The van der Waals surface area contributed by atoms with Gasteiger partial charge in [-0.05, 0) is 65.5 Å². The van der Waals surface area contributed by atoms with Crippen LogP contribution >= 0.6 is 23.5 Å². The van der Waals surface area contributed by atoms with Gasteiger partial charge in [0.05, 0.1) is 18.2 Å². The quantitative estimate of drug-likeness (QED) is 0.383. The molecule has 0 amide bonds. The molecule has 0 aliphatic heterocycles. The number of ether oxygens (including phenoxy) is 1. The van der Waals surface area contributed by atoms with E-state index in [1.54, 1.807) is 31.4 Å². The maximum Gasteiger partial charge on any atom is 0.227 e. The molecule has 0 bridgehead atoms. The molecule has 3 heterocycles. The van der Waals surface area contributed by atoms with E-state index in [1.165, 1.54) is 35.9 Å². The summed E-state index contributed by atoms with van der Waals surface area (Å²) < 4.78 is 5.20. The highest BCUT2D eigenvalue weighted by atomic mass is 32.2. The van der Waals surface area contributed by atoms with Gasteiger partial charge in [0.2, 0.25) is 5.95 Å². The van der Waals surface area contributed by atoms with Crippen LogP contribution in [-0.2, 0) is 6.54 Å². The number of hydrogen-bond donors (Lipinski definition) is 1. The van der Waals surface area contributed by atoms with Crippen LogP contribution in [0.2, 0.25) is 0 Å². The molecule has 0 saturated carbocycles. The summed E-state index contributed by atoms with van der Waals surface area (Å²) in [4.78, 5) is 22.1. The fourth-order valence-electron chi connectivity index (χ4n) is 2.63. The van der Waals surface area contributed by atoms with Gasteiger partial charge in [-0.1, -0.05) is 12.1 Å². The van der Waals surface area contributed by atoms with Crippen molar-refractivity contribution >= 4 is 29.5 Å². The lowest BCUT2D eigenvalue weighted by Gasteiger charge is -2.09. The maximum atomic E-state index is 8.97. The van der Waals surface area contributed by atoms with Gasteiger partial charge in [0, 0.05) is 18.9 Å². The van der Waals surface area contributed by atoms with Gasteiger partial charge in [-0.2, -0.15) is 25.5 Å². The molecule has 0 aliphatic rings. The largest absolute Gasteiger partial charge is 0.497 e. The summed E-state index contributed by atoms with van der Waals surface area (Å²) in [5.41, 5.74) is 1.99. The number of pyridine rings is 2. The molecule has 34 heavy (non-hydrogen) atoms. The smallest absolute Gasteiger partial charge is 0.227 e. The van der Waals surface area contributed by atoms with E-state index >= 15 is 0 Å². The summed E-state index contributed by atoms with van der Waals surface area (Å²) in [6.45, 7) is 0.506. The van der Waals surface area contributed by atoms with Crippen molar-refractivity contribution in [1.29, 1.82) is 10.5 Å². The first kappa shape index (κ1) is 23.0. The summed E-state index contributed by atoms with van der Waals surface area (Å²) in [5.74, 6) is 1.18. The second kappa shape index (κ2) is 11.1. The van der Waals surface area contributed by atoms with Crippen molar-refractivity contribution < 1.29 is 4.74 Å². The van der Waals surface area contributed by atoms with E-state index in [0.29, 0.717) is 44.0 Å². The van der Waals surface area contributed by atoms with Crippen molar-refractivity contribution in [3.63, 3.8) is 0 Å². The van der Waals surface area contributed by atoms with Crippen LogP contribution in [0, 0.1) is 22.7 Å². The van der Waals surface area contributed by atoms with E-state index in [4.69, 9.17) is 15.3 Å². The lowest BCUT2D eigenvalue weighted by atomic mass is 10.2. The molecule has 0 fully saturated rings. The zero-order chi connectivity index (χ0) is 23.8. The fourth-order valence-corrected chi connectivity index (χ4v) is 4.08. The molecule has 0 unspecified atom stereocenters. The van der Waals surface area contributed by atoms with Crippen LogP contribution in [0.1, 0.15) is 16.7 Å². The SMILES string of the molecule is COc1ccc(CNc2nc(Sc3ccc(C#N)cn3)nc(Sc3ccc(C#N)cn3)n2)cc1. The summed E-state index contributed by atoms with van der Waals surface area (Å²) in [5, 5.41) is 23.4. The molecular formula is C23H16N8OS2. The van der Waals surface area contributed by atoms with Gasteiger partial charge in [-0.3, -0.25) is 0 Å². The van der Waals surface area contributed by atoms with Crippen LogP contribution in [0.25, 0.3) is 0 Å². The molecule has 0 aliphatic carbocycles. The number of aromatic nitrogens is 5. The highest BCUT2D eigenvalue weighted by Crippen LogP contribution is 2.28. The monoisotopic (exact) mass is 484 g/mol. The maximum absolute atomic E-state index is 8.97. The Morgan fingerprint density at radius 3 is 1.79 bits per heavy atom. The molecule has 1 N–H and O–H groups in total. The Labute approximate surface area is 204 Å². The number of benzene rings is 1. The molecule has 0 saturated heterocycles. The Morgan fingerprint density at radius 2 is 1.35 bits per heavy atom. The third kappa shape index (κ3) is 6.19. The average molecular weight is 485 g/mol. The fraction of sp³-hybridized carbons (Fsp3) is 0.0870. The van der Waals surface area contributed by atoms with Crippen LogP contribution in [0.5, 0.6) is 5.75 Å². The normalized spacial score (nSPS) is 10.2. The van der Waals surface area contributed by atoms with Gasteiger partial charge in [-0.25, -0.2) is 9.97 Å². The minimum Gasteiger partial charge on any atom is -0.497 e. The minimum absolute atomic E-state index is 0.401. The number of nitrogens with zero attached hydrogens (tertiary/aromatic N) is 7. The Bertz CT molecular complexity index is 1270. The Morgan fingerprint density at radius 1 is 0.794 bits per heavy atom. The van der Waals surface area contributed by atoms with Crippen molar-refractivity contribution in [2.45, 2.75) is 26.9 Å². The van der Waals surface area contributed by atoms with Crippen LogP contribution in [0.15, 0.2) is 81.3 Å². The predicted molar refractivity (Wildman–Crippen MR) is 126 cm³/mol. The number of methoxy groups -OCH3 is 1. The number of nitrogens with one attached hydrogen (secondary N) is 1. The van der Waals surface area contributed by atoms with E-state index in [0.717, 1.165) is 11.3 Å². The van der Waals surface area contributed by atoms with Crippen LogP contribution in [0.3, 0.4) is 0 Å². The van der Waals surface area contributed by atoms with Crippen LogP contribution < -0.4 is 10.1 Å². The van der Waals surface area contributed by atoms with Gasteiger partial charge in [0.25, 0.3) is 0 Å². The van der Waals surface area contributed by atoms with Crippen LogP contribution in [-0.4, -0.2) is 32.0 Å². The minimum atomic E-state index is 0.401. The van der Waals surface area contributed by atoms with Gasteiger partial charge < -0.3 is 10.1 Å².